The molecule has 0 bridgehead atoms. The van der Waals surface area contributed by atoms with Crippen molar-refractivity contribution in [3.05, 3.63) is 35.2 Å². The van der Waals surface area contributed by atoms with Crippen LogP contribution >= 0.6 is 11.3 Å². The molecule has 0 radical (unpaired) electrons. The van der Waals surface area contributed by atoms with Crippen molar-refractivity contribution in [3.8, 4) is 11.5 Å². The van der Waals surface area contributed by atoms with Gasteiger partial charge in [0.25, 0.3) is 5.91 Å². The summed E-state index contributed by atoms with van der Waals surface area (Å²) in [5.41, 5.74) is 5.59. The number of hydrogen-bond acceptors (Lipinski definition) is 8. The number of anilines is 1. The number of primary amides is 1. The number of ether oxygens (including phenoxy) is 2. The van der Waals surface area contributed by atoms with E-state index in [1.54, 1.807) is 24.4 Å². The lowest BCUT2D eigenvalue weighted by molar-refractivity contribution is -0.121. The summed E-state index contributed by atoms with van der Waals surface area (Å²) in [6, 6.07) is 5.53. The van der Waals surface area contributed by atoms with E-state index in [9.17, 15) is 18.0 Å². The number of carbonyl (C=O) groups excluding carboxylic acids is 2. The first-order valence-corrected chi connectivity index (χ1v) is 12.2. The van der Waals surface area contributed by atoms with Crippen molar-refractivity contribution >= 4 is 38.2 Å². The van der Waals surface area contributed by atoms with Crippen LogP contribution in [0.15, 0.2) is 34.5 Å². The summed E-state index contributed by atoms with van der Waals surface area (Å²) < 4.78 is 37.9. The number of sulfonamides is 1. The number of methoxy groups -OCH3 is 2. The molecule has 2 amide bonds. The second-order valence-electron chi connectivity index (χ2n) is 7.15. The molecule has 1 atom stereocenters. The van der Waals surface area contributed by atoms with Crippen molar-refractivity contribution < 1.29 is 27.5 Å². The fourth-order valence-corrected chi connectivity index (χ4v) is 5.67. The second-order valence-corrected chi connectivity index (χ2v) is 10.0. The Morgan fingerprint density at radius 1 is 1.09 bits per heavy atom. The Kier molecular flexibility index (Phi) is 7.39. The molecule has 1 fully saturated rings. The average molecular weight is 483 g/mol. The van der Waals surface area contributed by atoms with Gasteiger partial charge in [0.15, 0.2) is 11.5 Å². The topological polar surface area (TPSA) is 131 Å². The third-order valence-corrected chi connectivity index (χ3v) is 8.09. The van der Waals surface area contributed by atoms with Gasteiger partial charge in [-0.3, -0.25) is 14.5 Å². The Morgan fingerprint density at radius 3 is 2.34 bits per heavy atom. The number of hydrogen-bond donors (Lipinski definition) is 2. The number of carbonyl (C=O) groups is 2. The van der Waals surface area contributed by atoms with Crippen LogP contribution in [0.5, 0.6) is 11.5 Å². The molecular weight excluding hydrogens is 456 g/mol. The second kappa shape index (κ2) is 9.86. The molecule has 2 aromatic rings. The first-order valence-electron chi connectivity index (χ1n) is 9.83. The maximum atomic E-state index is 13.1. The first kappa shape index (κ1) is 24.0. The summed E-state index contributed by atoms with van der Waals surface area (Å²) in [6.07, 6.45) is 0. The van der Waals surface area contributed by atoms with E-state index in [0.29, 0.717) is 29.6 Å². The Morgan fingerprint density at radius 2 is 1.75 bits per heavy atom. The minimum absolute atomic E-state index is 0.117. The molecule has 0 unspecified atom stereocenters. The molecule has 1 saturated heterocycles. The lowest BCUT2D eigenvalue weighted by Crippen LogP contribution is -2.53. The van der Waals surface area contributed by atoms with Gasteiger partial charge >= 0.3 is 0 Å². The van der Waals surface area contributed by atoms with Gasteiger partial charge in [-0.25, -0.2) is 8.42 Å². The summed E-state index contributed by atoms with van der Waals surface area (Å²) in [5.74, 6) is -0.114. The lowest BCUT2D eigenvalue weighted by Gasteiger charge is -2.36. The van der Waals surface area contributed by atoms with Crippen molar-refractivity contribution in [1.29, 1.82) is 0 Å². The van der Waals surface area contributed by atoms with Crippen LogP contribution in [0.4, 0.5) is 5.00 Å². The Bertz CT molecular complexity index is 1090. The molecule has 0 saturated carbocycles. The maximum Gasteiger partial charge on any atom is 0.251 e. The molecule has 12 heteroatoms. The predicted molar refractivity (Wildman–Crippen MR) is 121 cm³/mol. The summed E-state index contributed by atoms with van der Waals surface area (Å²) in [4.78, 5) is 26.1. The van der Waals surface area contributed by atoms with Gasteiger partial charge in [-0.05, 0) is 30.5 Å². The molecule has 10 nitrogen and oxygen atoms in total. The number of thiophene rings is 1. The van der Waals surface area contributed by atoms with E-state index in [0.717, 1.165) is 0 Å². The number of nitrogens with two attached hydrogens (primary N) is 1. The number of amides is 2. The number of rotatable bonds is 8. The highest BCUT2D eigenvalue weighted by Gasteiger charge is 2.32. The van der Waals surface area contributed by atoms with Crippen molar-refractivity contribution in [2.45, 2.75) is 17.9 Å². The standard InChI is InChI=1S/C20H26N4O6S2/c1-13(19(26)22-20-15(18(21)25)6-11-31-20)23-7-9-24(10-8-23)32(27,28)14-4-5-16(29-2)17(12-14)30-3/h4-6,11-13H,7-10H2,1-3H3,(H2,21,25)(H,22,26)/t13-/m1/s1. The number of benzene rings is 1. The van der Waals surface area contributed by atoms with E-state index in [1.807, 2.05) is 4.90 Å². The van der Waals surface area contributed by atoms with Gasteiger partial charge in [-0.15, -0.1) is 11.3 Å². The van der Waals surface area contributed by atoms with Gasteiger partial charge in [0.2, 0.25) is 15.9 Å². The lowest BCUT2D eigenvalue weighted by atomic mass is 10.2. The maximum absolute atomic E-state index is 13.1. The van der Waals surface area contributed by atoms with Crippen LogP contribution in [-0.4, -0.2) is 75.9 Å². The van der Waals surface area contributed by atoms with Gasteiger partial charge in [-0.1, -0.05) is 0 Å². The zero-order valence-electron chi connectivity index (χ0n) is 18.0. The summed E-state index contributed by atoms with van der Waals surface area (Å²) in [6.45, 7) is 2.98. The smallest absolute Gasteiger partial charge is 0.251 e. The Balaban J connectivity index is 1.64. The molecule has 1 aromatic carbocycles. The van der Waals surface area contributed by atoms with Gasteiger partial charge in [-0.2, -0.15) is 4.31 Å². The van der Waals surface area contributed by atoms with E-state index in [4.69, 9.17) is 15.2 Å². The highest BCUT2D eigenvalue weighted by molar-refractivity contribution is 7.89. The fraction of sp³-hybridized carbons (Fsp3) is 0.400. The van der Waals surface area contributed by atoms with E-state index >= 15 is 0 Å². The normalized spacial score (nSPS) is 16.3. The van der Waals surface area contributed by atoms with Crippen LogP contribution in [0.3, 0.4) is 0 Å². The van der Waals surface area contributed by atoms with Crippen molar-refractivity contribution in [1.82, 2.24) is 9.21 Å². The average Bonchev–Trinajstić information content (AvgIpc) is 3.26. The number of piperazine rings is 1. The molecule has 3 N–H and O–H groups in total. The van der Waals surface area contributed by atoms with Crippen LogP contribution < -0.4 is 20.5 Å². The minimum atomic E-state index is -3.72. The van der Waals surface area contributed by atoms with E-state index in [1.165, 1.54) is 42.0 Å². The van der Waals surface area contributed by atoms with Gasteiger partial charge < -0.3 is 20.5 Å². The molecule has 3 rings (SSSR count). The number of nitrogens with zero attached hydrogens (tertiary/aromatic N) is 2. The quantitative estimate of drug-likeness (QED) is 0.578. The number of nitrogens with one attached hydrogen (secondary N) is 1. The van der Waals surface area contributed by atoms with Gasteiger partial charge in [0.1, 0.15) is 5.00 Å². The SMILES string of the molecule is COc1ccc(S(=O)(=O)N2CCN([C@H](C)C(=O)Nc3sccc3C(N)=O)CC2)cc1OC. The van der Waals surface area contributed by atoms with Crippen LogP contribution in [0.1, 0.15) is 17.3 Å². The first-order chi connectivity index (χ1) is 15.2. The van der Waals surface area contributed by atoms with Crippen LogP contribution in [0.2, 0.25) is 0 Å². The van der Waals surface area contributed by atoms with Gasteiger partial charge in [0.05, 0.1) is 30.7 Å². The minimum Gasteiger partial charge on any atom is -0.493 e. The van der Waals surface area contributed by atoms with Crippen molar-refractivity contribution in [2.75, 3.05) is 45.7 Å². The zero-order valence-corrected chi connectivity index (χ0v) is 19.7. The summed E-state index contributed by atoms with van der Waals surface area (Å²) >= 11 is 1.22. The van der Waals surface area contributed by atoms with E-state index < -0.39 is 22.0 Å². The monoisotopic (exact) mass is 482 g/mol. The van der Waals surface area contributed by atoms with Crippen LogP contribution in [0.25, 0.3) is 0 Å². The molecule has 174 valence electrons. The summed E-state index contributed by atoms with van der Waals surface area (Å²) in [5, 5.41) is 4.82. The van der Waals surface area contributed by atoms with Crippen LogP contribution in [-0.2, 0) is 14.8 Å². The molecule has 1 aromatic heterocycles. The summed E-state index contributed by atoms with van der Waals surface area (Å²) in [7, 11) is -0.796. The molecule has 1 aliphatic heterocycles. The Hall–Kier alpha value is -2.67. The third-order valence-electron chi connectivity index (χ3n) is 5.36. The molecular formula is C20H26N4O6S2. The molecule has 32 heavy (non-hydrogen) atoms. The zero-order chi connectivity index (χ0) is 23.5. The molecule has 1 aliphatic rings. The molecule has 0 spiro atoms. The van der Waals surface area contributed by atoms with Crippen LogP contribution in [0, 0.1) is 0 Å². The van der Waals surface area contributed by atoms with E-state index in [2.05, 4.69) is 5.32 Å². The largest absolute Gasteiger partial charge is 0.493 e. The highest BCUT2D eigenvalue weighted by Crippen LogP contribution is 2.31. The third kappa shape index (κ3) is 4.88. The van der Waals surface area contributed by atoms with E-state index in [-0.39, 0.29) is 29.5 Å². The van der Waals surface area contributed by atoms with Gasteiger partial charge in [0, 0.05) is 32.2 Å². The molecule has 2 heterocycles. The fourth-order valence-electron chi connectivity index (χ4n) is 3.44. The van der Waals surface area contributed by atoms with Crippen molar-refractivity contribution in [2.24, 2.45) is 5.73 Å². The van der Waals surface area contributed by atoms with Crippen molar-refractivity contribution in [3.63, 3.8) is 0 Å². The Labute approximate surface area is 190 Å². The predicted octanol–water partition coefficient (Wildman–Crippen LogP) is 1.20. The molecule has 0 aliphatic carbocycles. The highest BCUT2D eigenvalue weighted by atomic mass is 32.2.